The molecular weight excluding hydrogens is 343 g/mol. The highest BCUT2D eigenvalue weighted by molar-refractivity contribution is 5.94. The Hall–Kier alpha value is -3.28. The van der Waals surface area contributed by atoms with E-state index in [2.05, 4.69) is 15.3 Å². The molecule has 0 bridgehead atoms. The van der Waals surface area contributed by atoms with Crippen LogP contribution in [0.2, 0.25) is 0 Å². The van der Waals surface area contributed by atoms with Gasteiger partial charge in [0.05, 0.1) is 11.6 Å². The normalized spacial score (nSPS) is 13.9. The molecule has 0 atom stereocenters. The Labute approximate surface area is 156 Å². The fourth-order valence-corrected chi connectivity index (χ4v) is 3.03. The third-order valence-electron chi connectivity index (χ3n) is 4.74. The summed E-state index contributed by atoms with van der Waals surface area (Å²) < 4.78 is 13.6. The molecule has 0 aliphatic carbocycles. The number of nitrogens with one attached hydrogen (secondary N) is 1. The first-order chi connectivity index (χ1) is 13.1. The minimum atomic E-state index is -0.322. The zero-order chi connectivity index (χ0) is 18.8. The lowest BCUT2D eigenvalue weighted by Crippen LogP contribution is -2.52. The van der Waals surface area contributed by atoms with Crippen molar-refractivity contribution in [2.24, 2.45) is 5.92 Å². The van der Waals surface area contributed by atoms with Crippen LogP contribution in [0.5, 0.6) is 0 Å². The van der Waals surface area contributed by atoms with Crippen LogP contribution in [-0.4, -0.2) is 29.0 Å². The van der Waals surface area contributed by atoms with Crippen molar-refractivity contribution in [1.29, 1.82) is 0 Å². The van der Waals surface area contributed by atoms with E-state index >= 15 is 0 Å². The molecule has 1 aliphatic heterocycles. The summed E-state index contributed by atoms with van der Waals surface area (Å²) >= 11 is 0. The lowest BCUT2D eigenvalue weighted by atomic mass is 9.98. The number of nitrogens with zero attached hydrogens (tertiary/aromatic N) is 3. The first-order valence-corrected chi connectivity index (χ1v) is 8.79. The second-order valence-electron chi connectivity index (χ2n) is 6.68. The number of carbonyl (C=O) groups excluding carboxylic acids is 1. The summed E-state index contributed by atoms with van der Waals surface area (Å²) in [5.41, 5.74) is 2.91. The number of hydrogen-bond donors (Lipinski definition) is 1. The first kappa shape index (κ1) is 17.1. The summed E-state index contributed by atoms with van der Waals surface area (Å²) in [6.45, 7) is 2.84. The van der Waals surface area contributed by atoms with E-state index < -0.39 is 0 Å². The van der Waals surface area contributed by atoms with Crippen LogP contribution in [0.25, 0.3) is 11.3 Å². The van der Waals surface area contributed by atoms with Crippen LogP contribution in [0.1, 0.15) is 5.56 Å². The molecule has 1 fully saturated rings. The number of halogens is 1. The van der Waals surface area contributed by atoms with E-state index in [4.69, 9.17) is 0 Å². The first-order valence-electron chi connectivity index (χ1n) is 8.79. The van der Waals surface area contributed by atoms with E-state index in [1.165, 1.54) is 6.07 Å². The van der Waals surface area contributed by atoms with E-state index in [0.717, 1.165) is 17.1 Å². The maximum absolute atomic E-state index is 13.6. The van der Waals surface area contributed by atoms with Crippen LogP contribution in [0, 0.1) is 18.7 Å². The number of carbonyl (C=O) groups is 1. The summed E-state index contributed by atoms with van der Waals surface area (Å²) in [6, 6.07) is 16.5. The third-order valence-corrected chi connectivity index (χ3v) is 4.74. The molecule has 0 saturated carbocycles. The Morgan fingerprint density at radius 2 is 1.89 bits per heavy atom. The maximum Gasteiger partial charge on any atom is 0.231 e. The van der Waals surface area contributed by atoms with Crippen molar-refractivity contribution in [3.63, 3.8) is 0 Å². The molecule has 1 aromatic heterocycles. The molecule has 3 aromatic rings. The molecule has 0 spiro atoms. The van der Waals surface area contributed by atoms with Gasteiger partial charge in [-0.1, -0.05) is 36.4 Å². The van der Waals surface area contributed by atoms with Gasteiger partial charge in [-0.2, -0.15) is 0 Å². The second-order valence-corrected chi connectivity index (χ2v) is 6.68. The molecule has 27 heavy (non-hydrogen) atoms. The molecule has 1 aliphatic rings. The largest absolute Gasteiger partial charge is 0.355 e. The van der Waals surface area contributed by atoms with Crippen LogP contribution in [0.4, 0.5) is 15.9 Å². The van der Waals surface area contributed by atoms with Crippen molar-refractivity contribution >= 4 is 17.4 Å². The fraction of sp³-hybridized carbons (Fsp3) is 0.190. The summed E-state index contributed by atoms with van der Waals surface area (Å²) in [5, 5.41) is 2.78. The van der Waals surface area contributed by atoms with Gasteiger partial charge in [-0.3, -0.25) is 4.79 Å². The summed E-state index contributed by atoms with van der Waals surface area (Å²) in [5.74, 6) is 0.225. The predicted octanol–water partition coefficient (Wildman–Crippen LogP) is 3.67. The van der Waals surface area contributed by atoms with Crippen LogP contribution < -0.4 is 10.2 Å². The number of amides is 1. The molecule has 136 valence electrons. The smallest absolute Gasteiger partial charge is 0.231 e. The van der Waals surface area contributed by atoms with Crippen molar-refractivity contribution in [3.8, 4) is 11.3 Å². The Morgan fingerprint density at radius 1 is 1.11 bits per heavy atom. The summed E-state index contributed by atoms with van der Waals surface area (Å²) in [4.78, 5) is 23.0. The predicted molar refractivity (Wildman–Crippen MR) is 103 cm³/mol. The highest BCUT2D eigenvalue weighted by atomic mass is 19.1. The van der Waals surface area contributed by atoms with Crippen LogP contribution in [0.3, 0.4) is 0 Å². The SMILES string of the molecule is Cc1ccc(NC(=O)C2CN(c3cc(-c4ccccc4)ncn3)C2)cc1F. The number of aryl methyl sites for hydroxylation is 1. The average molecular weight is 362 g/mol. The van der Waals surface area contributed by atoms with Crippen molar-refractivity contribution in [2.45, 2.75) is 6.92 Å². The molecule has 2 aromatic carbocycles. The minimum absolute atomic E-state index is 0.105. The second kappa shape index (κ2) is 7.15. The van der Waals surface area contributed by atoms with Crippen LogP contribution in [0.15, 0.2) is 60.9 Å². The number of hydrogen-bond acceptors (Lipinski definition) is 4. The van der Waals surface area contributed by atoms with E-state index in [0.29, 0.717) is 24.3 Å². The molecule has 2 heterocycles. The van der Waals surface area contributed by atoms with Gasteiger partial charge in [0.15, 0.2) is 0 Å². The molecule has 5 nitrogen and oxygen atoms in total. The van der Waals surface area contributed by atoms with Gasteiger partial charge in [0, 0.05) is 30.4 Å². The highest BCUT2D eigenvalue weighted by Gasteiger charge is 2.33. The van der Waals surface area contributed by atoms with E-state index in [1.807, 2.05) is 41.3 Å². The monoisotopic (exact) mass is 362 g/mol. The van der Waals surface area contributed by atoms with E-state index in [1.54, 1.807) is 25.4 Å². The van der Waals surface area contributed by atoms with E-state index in [9.17, 15) is 9.18 Å². The standard InChI is InChI=1S/C21H19FN4O/c1-14-7-8-17(9-18(14)22)25-21(27)16-11-26(12-16)20-10-19(23-13-24-20)15-5-3-2-4-6-15/h2-10,13,16H,11-12H2,1H3,(H,25,27). The third kappa shape index (κ3) is 3.65. The Bertz CT molecular complexity index is 971. The number of benzene rings is 2. The van der Waals surface area contributed by atoms with Gasteiger partial charge in [-0.15, -0.1) is 0 Å². The fourth-order valence-electron chi connectivity index (χ4n) is 3.03. The number of rotatable bonds is 4. The van der Waals surface area contributed by atoms with Crippen molar-refractivity contribution in [2.75, 3.05) is 23.3 Å². The van der Waals surface area contributed by atoms with Gasteiger partial charge in [0.1, 0.15) is 18.0 Å². The zero-order valence-corrected chi connectivity index (χ0v) is 14.9. The quantitative estimate of drug-likeness (QED) is 0.769. The Balaban J connectivity index is 1.39. The van der Waals surface area contributed by atoms with Crippen LogP contribution in [-0.2, 0) is 4.79 Å². The molecule has 1 N–H and O–H groups in total. The maximum atomic E-state index is 13.6. The minimum Gasteiger partial charge on any atom is -0.355 e. The van der Waals surface area contributed by atoms with Gasteiger partial charge in [-0.25, -0.2) is 14.4 Å². The van der Waals surface area contributed by atoms with Crippen molar-refractivity contribution < 1.29 is 9.18 Å². The highest BCUT2D eigenvalue weighted by Crippen LogP contribution is 2.27. The van der Waals surface area contributed by atoms with Gasteiger partial charge in [0.25, 0.3) is 0 Å². The Kier molecular flexibility index (Phi) is 4.54. The molecule has 1 amide bonds. The van der Waals surface area contributed by atoms with Gasteiger partial charge in [-0.05, 0) is 24.6 Å². The van der Waals surface area contributed by atoms with Gasteiger partial charge in [0.2, 0.25) is 5.91 Å². The molecule has 6 heteroatoms. The lowest BCUT2D eigenvalue weighted by Gasteiger charge is -2.39. The topological polar surface area (TPSA) is 58.1 Å². The Morgan fingerprint density at radius 3 is 2.63 bits per heavy atom. The molecular formula is C21H19FN4O. The molecule has 4 rings (SSSR count). The summed E-state index contributed by atoms with van der Waals surface area (Å²) in [7, 11) is 0. The van der Waals surface area contributed by atoms with E-state index in [-0.39, 0.29) is 17.6 Å². The summed E-state index contributed by atoms with van der Waals surface area (Å²) in [6.07, 6.45) is 1.54. The molecule has 1 saturated heterocycles. The zero-order valence-electron chi connectivity index (χ0n) is 14.9. The van der Waals surface area contributed by atoms with Crippen molar-refractivity contribution in [1.82, 2.24) is 9.97 Å². The van der Waals surface area contributed by atoms with Gasteiger partial charge < -0.3 is 10.2 Å². The van der Waals surface area contributed by atoms with Crippen molar-refractivity contribution in [3.05, 3.63) is 72.3 Å². The van der Waals surface area contributed by atoms with Gasteiger partial charge >= 0.3 is 0 Å². The van der Waals surface area contributed by atoms with Crippen LogP contribution >= 0.6 is 0 Å². The number of anilines is 2. The number of aromatic nitrogens is 2. The average Bonchev–Trinajstić information content (AvgIpc) is 2.64. The molecule has 0 unspecified atom stereocenters. The molecule has 0 radical (unpaired) electrons. The lowest BCUT2D eigenvalue weighted by molar-refractivity contribution is -0.120.